The lowest BCUT2D eigenvalue weighted by atomic mass is 10.2. The third-order valence-electron chi connectivity index (χ3n) is 2.88. The number of nitrogens with zero attached hydrogens (tertiary/aromatic N) is 3. The van der Waals surface area contributed by atoms with Crippen molar-refractivity contribution < 1.29 is 0 Å². The molecule has 20 heavy (non-hydrogen) atoms. The summed E-state index contributed by atoms with van der Waals surface area (Å²) in [6.07, 6.45) is 1.78. The molecule has 1 heterocycles. The van der Waals surface area contributed by atoms with Crippen LogP contribution in [0.4, 0.5) is 0 Å². The van der Waals surface area contributed by atoms with E-state index < -0.39 is 0 Å². The van der Waals surface area contributed by atoms with E-state index in [0.717, 1.165) is 22.4 Å². The SMILES string of the molecule is Brc1ccc(Cn2cnc(-c3cccc(I)c3)n2)cc1. The molecule has 100 valence electrons. The summed E-state index contributed by atoms with van der Waals surface area (Å²) in [4.78, 5) is 4.38. The average Bonchev–Trinajstić information content (AvgIpc) is 2.90. The highest BCUT2D eigenvalue weighted by Crippen LogP contribution is 2.17. The van der Waals surface area contributed by atoms with Crippen molar-refractivity contribution >= 4 is 38.5 Å². The van der Waals surface area contributed by atoms with Gasteiger partial charge in [0, 0.05) is 13.6 Å². The zero-order valence-electron chi connectivity index (χ0n) is 10.5. The summed E-state index contributed by atoms with van der Waals surface area (Å²) in [5, 5.41) is 4.53. The Bertz CT molecular complexity index is 722. The summed E-state index contributed by atoms with van der Waals surface area (Å²) in [5.74, 6) is 0.764. The predicted octanol–water partition coefficient (Wildman–Crippen LogP) is 4.36. The monoisotopic (exact) mass is 439 g/mol. The van der Waals surface area contributed by atoms with Crippen LogP contribution in [0.25, 0.3) is 11.4 Å². The molecule has 0 aliphatic heterocycles. The standard InChI is InChI=1S/C15H11BrIN3/c16-13-6-4-11(5-7-13)9-20-10-18-15(19-20)12-2-1-3-14(17)8-12/h1-8,10H,9H2. The van der Waals surface area contributed by atoms with Crippen LogP contribution in [0.5, 0.6) is 0 Å². The predicted molar refractivity (Wildman–Crippen MR) is 91.4 cm³/mol. The van der Waals surface area contributed by atoms with Crippen LogP contribution in [0.3, 0.4) is 0 Å². The molecule has 1 aromatic heterocycles. The number of rotatable bonds is 3. The second-order valence-electron chi connectivity index (χ2n) is 4.40. The Balaban J connectivity index is 1.82. The molecule has 0 saturated heterocycles. The van der Waals surface area contributed by atoms with Crippen LogP contribution in [0.2, 0.25) is 0 Å². The van der Waals surface area contributed by atoms with Crippen LogP contribution in [-0.4, -0.2) is 14.8 Å². The maximum atomic E-state index is 4.53. The Kier molecular flexibility index (Phi) is 4.16. The molecule has 0 atom stereocenters. The second kappa shape index (κ2) is 6.05. The fourth-order valence-electron chi connectivity index (χ4n) is 1.91. The van der Waals surface area contributed by atoms with E-state index in [0.29, 0.717) is 0 Å². The first-order valence-corrected chi connectivity index (χ1v) is 7.98. The first kappa shape index (κ1) is 13.8. The largest absolute Gasteiger partial charge is 0.248 e. The number of benzene rings is 2. The van der Waals surface area contributed by atoms with Gasteiger partial charge in [0.05, 0.1) is 6.54 Å². The molecule has 0 amide bonds. The van der Waals surface area contributed by atoms with Crippen molar-refractivity contribution in [3.05, 3.63) is 68.5 Å². The maximum Gasteiger partial charge on any atom is 0.181 e. The molecule has 0 N–H and O–H groups in total. The highest BCUT2D eigenvalue weighted by molar-refractivity contribution is 14.1. The van der Waals surface area contributed by atoms with Gasteiger partial charge in [0.1, 0.15) is 6.33 Å². The molecule has 3 nitrogen and oxygen atoms in total. The van der Waals surface area contributed by atoms with Crippen molar-refractivity contribution in [2.45, 2.75) is 6.54 Å². The molecular formula is C15H11BrIN3. The van der Waals surface area contributed by atoms with Crippen LogP contribution >= 0.6 is 38.5 Å². The van der Waals surface area contributed by atoms with Crippen LogP contribution in [0.1, 0.15) is 5.56 Å². The van der Waals surface area contributed by atoms with E-state index in [1.807, 2.05) is 28.9 Å². The summed E-state index contributed by atoms with van der Waals surface area (Å²) in [6.45, 7) is 0.726. The van der Waals surface area contributed by atoms with Gasteiger partial charge >= 0.3 is 0 Å². The lowest BCUT2D eigenvalue weighted by molar-refractivity contribution is 0.687. The first-order valence-electron chi connectivity index (χ1n) is 6.10. The zero-order chi connectivity index (χ0) is 13.9. The summed E-state index contributed by atoms with van der Waals surface area (Å²) in [6, 6.07) is 16.4. The van der Waals surface area contributed by atoms with E-state index in [1.54, 1.807) is 6.33 Å². The van der Waals surface area contributed by atoms with E-state index in [-0.39, 0.29) is 0 Å². The summed E-state index contributed by atoms with van der Waals surface area (Å²) in [5.41, 5.74) is 2.25. The van der Waals surface area contributed by atoms with Crippen LogP contribution in [0, 0.1) is 3.57 Å². The van der Waals surface area contributed by atoms with Gasteiger partial charge in [-0.05, 0) is 52.4 Å². The molecule has 0 radical (unpaired) electrons. The highest BCUT2D eigenvalue weighted by atomic mass is 127. The Labute approximate surface area is 139 Å². The van der Waals surface area contributed by atoms with Crippen molar-refractivity contribution in [1.82, 2.24) is 14.8 Å². The van der Waals surface area contributed by atoms with Gasteiger partial charge in [-0.25, -0.2) is 9.67 Å². The number of aromatic nitrogens is 3. The van der Waals surface area contributed by atoms with Gasteiger partial charge in [0.15, 0.2) is 5.82 Å². The molecule has 0 aliphatic carbocycles. The highest BCUT2D eigenvalue weighted by Gasteiger charge is 2.05. The Hall–Kier alpha value is -1.21. The fourth-order valence-corrected chi connectivity index (χ4v) is 2.71. The van der Waals surface area contributed by atoms with Crippen molar-refractivity contribution in [3.8, 4) is 11.4 Å². The maximum absolute atomic E-state index is 4.53. The Morgan fingerprint density at radius 1 is 1.10 bits per heavy atom. The van der Waals surface area contributed by atoms with Gasteiger partial charge < -0.3 is 0 Å². The molecule has 0 saturated carbocycles. The van der Waals surface area contributed by atoms with Gasteiger partial charge in [0.25, 0.3) is 0 Å². The molecule has 0 unspecified atom stereocenters. The molecule has 0 fully saturated rings. The van der Waals surface area contributed by atoms with E-state index >= 15 is 0 Å². The molecule has 0 aliphatic rings. The van der Waals surface area contributed by atoms with Crippen LogP contribution < -0.4 is 0 Å². The molecular weight excluding hydrogens is 429 g/mol. The third kappa shape index (κ3) is 3.27. The van der Waals surface area contributed by atoms with Crippen molar-refractivity contribution in [1.29, 1.82) is 0 Å². The molecule has 2 aromatic carbocycles. The summed E-state index contributed by atoms with van der Waals surface area (Å²) >= 11 is 5.73. The van der Waals surface area contributed by atoms with E-state index in [9.17, 15) is 0 Å². The lowest BCUT2D eigenvalue weighted by Gasteiger charge is -2.01. The topological polar surface area (TPSA) is 30.7 Å². The summed E-state index contributed by atoms with van der Waals surface area (Å²) < 4.78 is 4.13. The van der Waals surface area contributed by atoms with E-state index in [4.69, 9.17) is 0 Å². The summed E-state index contributed by atoms with van der Waals surface area (Å²) in [7, 11) is 0. The lowest BCUT2D eigenvalue weighted by Crippen LogP contribution is -2.00. The van der Waals surface area contributed by atoms with Crippen LogP contribution in [-0.2, 0) is 6.54 Å². The van der Waals surface area contributed by atoms with Crippen molar-refractivity contribution in [3.63, 3.8) is 0 Å². The van der Waals surface area contributed by atoms with Gasteiger partial charge in [-0.2, -0.15) is 5.10 Å². The quantitative estimate of drug-likeness (QED) is 0.567. The van der Waals surface area contributed by atoms with Gasteiger partial charge in [-0.3, -0.25) is 0 Å². The molecule has 3 aromatic rings. The van der Waals surface area contributed by atoms with Crippen molar-refractivity contribution in [2.75, 3.05) is 0 Å². The molecule has 3 rings (SSSR count). The Morgan fingerprint density at radius 2 is 1.90 bits per heavy atom. The zero-order valence-corrected chi connectivity index (χ0v) is 14.2. The molecule has 0 spiro atoms. The minimum Gasteiger partial charge on any atom is -0.248 e. The first-order chi connectivity index (χ1) is 9.70. The number of hydrogen-bond donors (Lipinski definition) is 0. The second-order valence-corrected chi connectivity index (χ2v) is 6.56. The minimum atomic E-state index is 0.726. The Morgan fingerprint density at radius 3 is 2.65 bits per heavy atom. The van der Waals surface area contributed by atoms with Gasteiger partial charge in [-0.15, -0.1) is 0 Å². The average molecular weight is 440 g/mol. The third-order valence-corrected chi connectivity index (χ3v) is 4.08. The fraction of sp³-hybridized carbons (Fsp3) is 0.0667. The molecule has 0 bridgehead atoms. The normalized spacial score (nSPS) is 10.7. The number of halogens is 2. The van der Waals surface area contributed by atoms with Crippen molar-refractivity contribution in [2.24, 2.45) is 0 Å². The van der Waals surface area contributed by atoms with E-state index in [1.165, 1.54) is 9.13 Å². The van der Waals surface area contributed by atoms with Crippen LogP contribution in [0.15, 0.2) is 59.3 Å². The van der Waals surface area contributed by atoms with Gasteiger partial charge in [-0.1, -0.05) is 40.2 Å². The number of hydrogen-bond acceptors (Lipinski definition) is 2. The molecule has 5 heteroatoms. The van der Waals surface area contributed by atoms with E-state index in [2.05, 4.69) is 72.9 Å². The smallest absolute Gasteiger partial charge is 0.181 e. The minimum absolute atomic E-state index is 0.726. The van der Waals surface area contributed by atoms with Gasteiger partial charge in [0.2, 0.25) is 0 Å².